The number of piperidine rings is 1. The van der Waals surface area contributed by atoms with Crippen molar-refractivity contribution in [3.8, 4) is 0 Å². The molecule has 94 valence electrons. The molecule has 0 amide bonds. The first-order valence-electron chi connectivity index (χ1n) is 6.53. The molecule has 0 aromatic carbocycles. The molecule has 1 aliphatic carbocycles. The van der Waals surface area contributed by atoms with Crippen LogP contribution in [0.5, 0.6) is 0 Å². The van der Waals surface area contributed by atoms with Gasteiger partial charge in [0, 0.05) is 18.5 Å². The van der Waals surface area contributed by atoms with Gasteiger partial charge in [0.05, 0.1) is 6.54 Å². The predicted molar refractivity (Wildman–Crippen MR) is 63.3 cm³/mol. The first-order chi connectivity index (χ1) is 8.22. The second-order valence-corrected chi connectivity index (χ2v) is 5.49. The van der Waals surface area contributed by atoms with Crippen molar-refractivity contribution in [2.24, 2.45) is 11.7 Å². The number of nitrogens with zero attached hydrogens (tertiary/aromatic N) is 3. The van der Waals surface area contributed by atoms with Crippen LogP contribution in [0.4, 0.5) is 0 Å². The third kappa shape index (κ3) is 2.50. The van der Waals surface area contributed by atoms with Gasteiger partial charge in [-0.25, -0.2) is 0 Å². The van der Waals surface area contributed by atoms with Crippen LogP contribution in [0.1, 0.15) is 43.8 Å². The molecule has 1 aromatic rings. The van der Waals surface area contributed by atoms with Crippen LogP contribution in [0.3, 0.4) is 0 Å². The number of aromatic nitrogens is 2. The predicted octanol–water partition coefficient (Wildman–Crippen LogP) is 1.12. The van der Waals surface area contributed by atoms with Crippen molar-refractivity contribution in [2.75, 3.05) is 13.1 Å². The topological polar surface area (TPSA) is 68.2 Å². The lowest BCUT2D eigenvalue weighted by Crippen LogP contribution is -2.47. The van der Waals surface area contributed by atoms with Gasteiger partial charge in [-0.3, -0.25) is 4.90 Å². The summed E-state index contributed by atoms with van der Waals surface area (Å²) in [7, 11) is 0. The smallest absolute Gasteiger partial charge is 0.240 e. The Morgan fingerprint density at radius 1 is 1.41 bits per heavy atom. The summed E-state index contributed by atoms with van der Waals surface area (Å²) in [5.74, 6) is 2.83. The third-order valence-corrected chi connectivity index (χ3v) is 3.89. The van der Waals surface area contributed by atoms with Crippen LogP contribution >= 0.6 is 0 Å². The Morgan fingerprint density at radius 2 is 2.24 bits per heavy atom. The molecule has 2 aliphatic rings. The quantitative estimate of drug-likeness (QED) is 0.851. The molecule has 1 aromatic heterocycles. The van der Waals surface area contributed by atoms with E-state index < -0.39 is 0 Å². The SMILES string of the molecule is CC1CCN(Cc2nc(C3CC3)no2)CC1N. The number of rotatable bonds is 3. The Bertz CT molecular complexity index is 388. The molecular formula is C12H20N4O. The molecule has 3 rings (SSSR count). The minimum absolute atomic E-state index is 0.273. The van der Waals surface area contributed by atoms with Crippen molar-refractivity contribution < 1.29 is 4.52 Å². The molecule has 0 spiro atoms. The van der Waals surface area contributed by atoms with Crippen LogP contribution < -0.4 is 5.73 Å². The summed E-state index contributed by atoms with van der Waals surface area (Å²) in [4.78, 5) is 6.76. The average molecular weight is 236 g/mol. The summed E-state index contributed by atoms with van der Waals surface area (Å²) in [6.45, 7) is 4.98. The molecule has 2 unspecified atom stereocenters. The Labute approximate surface area is 101 Å². The molecule has 17 heavy (non-hydrogen) atoms. The minimum atomic E-state index is 0.273. The van der Waals surface area contributed by atoms with Gasteiger partial charge >= 0.3 is 0 Å². The zero-order valence-corrected chi connectivity index (χ0v) is 10.3. The molecule has 2 N–H and O–H groups in total. The van der Waals surface area contributed by atoms with Crippen LogP contribution in [-0.2, 0) is 6.54 Å². The molecule has 1 saturated heterocycles. The molecule has 1 aliphatic heterocycles. The van der Waals surface area contributed by atoms with Crippen molar-refractivity contribution in [2.45, 2.75) is 44.7 Å². The van der Waals surface area contributed by atoms with E-state index in [0.717, 1.165) is 37.8 Å². The van der Waals surface area contributed by atoms with E-state index in [0.29, 0.717) is 11.8 Å². The van der Waals surface area contributed by atoms with Gasteiger partial charge in [-0.2, -0.15) is 4.98 Å². The standard InChI is InChI=1S/C12H20N4O/c1-8-4-5-16(6-10(8)13)7-11-14-12(15-17-11)9-2-3-9/h8-10H,2-7,13H2,1H3. The highest BCUT2D eigenvalue weighted by Crippen LogP contribution is 2.38. The number of hydrogen-bond acceptors (Lipinski definition) is 5. The highest BCUT2D eigenvalue weighted by Gasteiger charge is 2.29. The van der Waals surface area contributed by atoms with Crippen LogP contribution in [0.15, 0.2) is 4.52 Å². The highest BCUT2D eigenvalue weighted by atomic mass is 16.5. The highest BCUT2D eigenvalue weighted by molar-refractivity contribution is 5.03. The number of hydrogen-bond donors (Lipinski definition) is 1. The Kier molecular flexibility index (Phi) is 2.88. The maximum atomic E-state index is 6.08. The van der Waals surface area contributed by atoms with E-state index in [1.54, 1.807) is 0 Å². The van der Waals surface area contributed by atoms with Gasteiger partial charge in [-0.05, 0) is 31.7 Å². The van der Waals surface area contributed by atoms with Crippen molar-refractivity contribution in [1.82, 2.24) is 15.0 Å². The van der Waals surface area contributed by atoms with Crippen molar-refractivity contribution in [3.63, 3.8) is 0 Å². The molecular weight excluding hydrogens is 216 g/mol. The van der Waals surface area contributed by atoms with E-state index in [2.05, 4.69) is 22.0 Å². The Balaban J connectivity index is 1.58. The summed E-state index contributed by atoms with van der Waals surface area (Å²) in [6.07, 6.45) is 3.58. The lowest BCUT2D eigenvalue weighted by Gasteiger charge is -2.34. The molecule has 5 heteroatoms. The normalized spacial score (nSPS) is 30.7. The van der Waals surface area contributed by atoms with Gasteiger partial charge < -0.3 is 10.3 Å². The van der Waals surface area contributed by atoms with Gasteiger partial charge in [-0.15, -0.1) is 0 Å². The van der Waals surface area contributed by atoms with E-state index >= 15 is 0 Å². The van der Waals surface area contributed by atoms with Gasteiger partial charge in [-0.1, -0.05) is 12.1 Å². The van der Waals surface area contributed by atoms with Crippen LogP contribution in [-0.4, -0.2) is 34.2 Å². The lowest BCUT2D eigenvalue weighted by molar-refractivity contribution is 0.146. The minimum Gasteiger partial charge on any atom is -0.338 e. The molecule has 1 saturated carbocycles. The maximum Gasteiger partial charge on any atom is 0.240 e. The molecule has 0 radical (unpaired) electrons. The van der Waals surface area contributed by atoms with E-state index in [1.807, 2.05) is 0 Å². The fourth-order valence-corrected chi connectivity index (χ4v) is 2.34. The van der Waals surface area contributed by atoms with Gasteiger partial charge in [0.15, 0.2) is 5.82 Å². The maximum absolute atomic E-state index is 6.08. The fourth-order valence-electron chi connectivity index (χ4n) is 2.34. The summed E-state index contributed by atoms with van der Waals surface area (Å²) < 4.78 is 5.29. The summed E-state index contributed by atoms with van der Waals surface area (Å²) in [5.41, 5.74) is 6.08. The zero-order chi connectivity index (χ0) is 11.8. The second-order valence-electron chi connectivity index (χ2n) is 5.49. The molecule has 5 nitrogen and oxygen atoms in total. The molecule has 2 atom stereocenters. The second kappa shape index (κ2) is 4.38. The van der Waals surface area contributed by atoms with E-state index in [1.165, 1.54) is 12.8 Å². The van der Waals surface area contributed by atoms with Crippen LogP contribution in [0.25, 0.3) is 0 Å². The summed E-state index contributed by atoms with van der Waals surface area (Å²) >= 11 is 0. The monoisotopic (exact) mass is 236 g/mol. The lowest BCUT2D eigenvalue weighted by atomic mass is 9.94. The van der Waals surface area contributed by atoms with Crippen molar-refractivity contribution >= 4 is 0 Å². The summed E-state index contributed by atoms with van der Waals surface area (Å²) in [5, 5.41) is 4.03. The van der Waals surface area contributed by atoms with Crippen molar-refractivity contribution in [1.29, 1.82) is 0 Å². The zero-order valence-electron chi connectivity index (χ0n) is 10.3. The van der Waals surface area contributed by atoms with Gasteiger partial charge in [0.2, 0.25) is 5.89 Å². The van der Waals surface area contributed by atoms with E-state index in [9.17, 15) is 0 Å². The first-order valence-corrected chi connectivity index (χ1v) is 6.53. The average Bonchev–Trinajstić information content (AvgIpc) is 3.06. The largest absolute Gasteiger partial charge is 0.338 e. The Hall–Kier alpha value is -0.940. The van der Waals surface area contributed by atoms with E-state index in [4.69, 9.17) is 10.3 Å². The fraction of sp³-hybridized carbons (Fsp3) is 0.833. The molecule has 0 bridgehead atoms. The van der Waals surface area contributed by atoms with Crippen molar-refractivity contribution in [3.05, 3.63) is 11.7 Å². The molecule has 2 heterocycles. The number of nitrogens with two attached hydrogens (primary N) is 1. The first kappa shape index (κ1) is 11.2. The molecule has 2 fully saturated rings. The number of likely N-dealkylation sites (tertiary alicyclic amines) is 1. The van der Waals surface area contributed by atoms with Crippen LogP contribution in [0, 0.1) is 5.92 Å². The third-order valence-electron chi connectivity index (χ3n) is 3.89. The summed E-state index contributed by atoms with van der Waals surface area (Å²) in [6, 6.07) is 0.273. The Morgan fingerprint density at radius 3 is 2.94 bits per heavy atom. The van der Waals surface area contributed by atoms with Gasteiger partial charge in [0.1, 0.15) is 0 Å². The van der Waals surface area contributed by atoms with Gasteiger partial charge in [0.25, 0.3) is 0 Å². The van der Waals surface area contributed by atoms with E-state index in [-0.39, 0.29) is 6.04 Å². The van der Waals surface area contributed by atoms with Crippen LogP contribution in [0.2, 0.25) is 0 Å².